The summed E-state index contributed by atoms with van der Waals surface area (Å²) in [5.41, 5.74) is 0.513. The van der Waals surface area contributed by atoms with Crippen LogP contribution in [0.3, 0.4) is 0 Å². The number of pyridine rings is 1. The molecule has 1 aliphatic heterocycles. The van der Waals surface area contributed by atoms with Crippen LogP contribution in [0.4, 0.5) is 0 Å². The van der Waals surface area contributed by atoms with Gasteiger partial charge in [0.2, 0.25) is 0 Å². The lowest BCUT2D eigenvalue weighted by molar-refractivity contribution is 0.0657. The Labute approximate surface area is 131 Å². The minimum atomic E-state index is -0.0996. The first-order chi connectivity index (χ1) is 9.88. The topological polar surface area (TPSA) is 45.2 Å². The summed E-state index contributed by atoms with van der Waals surface area (Å²) >= 11 is 5.82. The van der Waals surface area contributed by atoms with Gasteiger partial charge in [0, 0.05) is 30.4 Å². The Morgan fingerprint density at radius 1 is 1.57 bits per heavy atom. The normalized spacial score (nSPS) is 20.3. The lowest BCUT2D eigenvalue weighted by atomic mass is 9.93. The average molecular weight is 310 g/mol. The molecule has 1 N–H and O–H groups in total. The Bertz CT molecular complexity index is 504. The number of amides is 1. The summed E-state index contributed by atoms with van der Waals surface area (Å²) in [4.78, 5) is 18.5. The number of nitrogens with one attached hydrogen (secondary N) is 1. The van der Waals surface area contributed by atoms with Gasteiger partial charge in [0.05, 0.1) is 0 Å². The quantitative estimate of drug-likeness (QED) is 0.870. The Morgan fingerprint density at radius 2 is 2.33 bits per heavy atom. The van der Waals surface area contributed by atoms with Gasteiger partial charge >= 0.3 is 0 Å². The Morgan fingerprint density at radius 3 is 3.00 bits per heavy atom. The van der Waals surface area contributed by atoms with Crippen molar-refractivity contribution in [1.82, 2.24) is 15.2 Å². The third-order valence-corrected chi connectivity index (χ3v) is 4.39. The van der Waals surface area contributed by atoms with Gasteiger partial charge in [0.15, 0.2) is 0 Å². The van der Waals surface area contributed by atoms with E-state index in [1.54, 1.807) is 18.3 Å². The first-order valence-corrected chi connectivity index (χ1v) is 7.91. The van der Waals surface area contributed by atoms with E-state index in [-0.39, 0.29) is 11.4 Å². The molecule has 1 aromatic rings. The van der Waals surface area contributed by atoms with Gasteiger partial charge in [-0.1, -0.05) is 18.5 Å². The smallest absolute Gasteiger partial charge is 0.251 e. The largest absolute Gasteiger partial charge is 0.350 e. The number of likely N-dealkylation sites (tertiary alicyclic amines) is 1. The summed E-state index contributed by atoms with van der Waals surface area (Å²) in [6, 6.07) is 3.27. The second-order valence-corrected chi connectivity index (χ2v) is 6.94. The molecule has 1 atom stereocenters. The number of hydrogen-bond donors (Lipinski definition) is 1. The Balaban J connectivity index is 1.93. The lowest BCUT2D eigenvalue weighted by Gasteiger charge is -2.43. The highest BCUT2D eigenvalue weighted by Crippen LogP contribution is 2.23. The predicted molar refractivity (Wildman–Crippen MR) is 85.6 cm³/mol. The van der Waals surface area contributed by atoms with E-state index < -0.39 is 0 Å². The molecule has 4 nitrogen and oxygen atoms in total. The van der Waals surface area contributed by atoms with Gasteiger partial charge in [0.1, 0.15) is 5.15 Å². The van der Waals surface area contributed by atoms with Crippen molar-refractivity contribution in [2.45, 2.75) is 39.2 Å². The van der Waals surface area contributed by atoms with Crippen LogP contribution in [-0.2, 0) is 0 Å². The molecule has 116 valence electrons. The molecule has 1 amide bonds. The maximum absolute atomic E-state index is 12.2. The zero-order valence-corrected chi connectivity index (χ0v) is 13.8. The Hall–Kier alpha value is -1.13. The SMILES string of the molecule is CC1CCCN(C(C)(C)CNC(=O)c2ccnc(Cl)c2)C1. The van der Waals surface area contributed by atoms with Crippen molar-refractivity contribution < 1.29 is 4.79 Å². The summed E-state index contributed by atoms with van der Waals surface area (Å²) in [5.74, 6) is 0.630. The van der Waals surface area contributed by atoms with Gasteiger partial charge < -0.3 is 5.32 Å². The maximum Gasteiger partial charge on any atom is 0.251 e. The molecule has 0 radical (unpaired) electrons. The molecule has 1 aromatic heterocycles. The van der Waals surface area contributed by atoms with Gasteiger partial charge in [-0.2, -0.15) is 0 Å². The number of piperidine rings is 1. The van der Waals surface area contributed by atoms with Gasteiger partial charge in [-0.3, -0.25) is 9.69 Å². The van der Waals surface area contributed by atoms with E-state index in [1.165, 1.54) is 12.8 Å². The number of carbonyl (C=O) groups excluding carboxylic acids is 1. The summed E-state index contributed by atoms with van der Waals surface area (Å²) in [5, 5.41) is 3.35. The van der Waals surface area contributed by atoms with E-state index in [0.29, 0.717) is 17.3 Å². The number of halogens is 1. The van der Waals surface area contributed by atoms with E-state index >= 15 is 0 Å². The first-order valence-electron chi connectivity index (χ1n) is 7.53. The minimum Gasteiger partial charge on any atom is -0.350 e. The summed E-state index contributed by atoms with van der Waals surface area (Å²) in [7, 11) is 0. The molecule has 1 aliphatic rings. The van der Waals surface area contributed by atoms with Crippen LogP contribution in [0.5, 0.6) is 0 Å². The number of hydrogen-bond acceptors (Lipinski definition) is 3. The molecule has 2 rings (SSSR count). The fraction of sp³-hybridized carbons (Fsp3) is 0.625. The van der Waals surface area contributed by atoms with Crippen molar-refractivity contribution in [2.24, 2.45) is 5.92 Å². The van der Waals surface area contributed by atoms with Crippen LogP contribution >= 0.6 is 11.6 Å². The molecule has 5 heteroatoms. The molecule has 1 fully saturated rings. The standard InChI is InChI=1S/C16H24ClN3O/c1-12-5-4-8-20(10-12)16(2,3)11-19-15(21)13-6-7-18-14(17)9-13/h6-7,9,12H,4-5,8,10-11H2,1-3H3,(H,19,21). The average Bonchev–Trinajstić information content (AvgIpc) is 2.45. The molecule has 2 heterocycles. The molecule has 1 saturated heterocycles. The van der Waals surface area contributed by atoms with Gasteiger partial charge in [-0.05, 0) is 51.3 Å². The highest BCUT2D eigenvalue weighted by atomic mass is 35.5. The summed E-state index contributed by atoms with van der Waals surface area (Å²) in [6.45, 7) is 9.49. The molecule has 0 saturated carbocycles. The summed E-state index contributed by atoms with van der Waals surface area (Å²) < 4.78 is 0. The molecule has 0 spiro atoms. The molecule has 0 aliphatic carbocycles. The molecular weight excluding hydrogens is 286 g/mol. The van der Waals surface area contributed by atoms with E-state index in [2.05, 4.69) is 36.0 Å². The zero-order chi connectivity index (χ0) is 15.5. The molecule has 21 heavy (non-hydrogen) atoms. The second kappa shape index (κ2) is 6.75. The van der Waals surface area contributed by atoms with Crippen molar-refractivity contribution in [2.75, 3.05) is 19.6 Å². The van der Waals surface area contributed by atoms with Crippen LogP contribution in [0.25, 0.3) is 0 Å². The van der Waals surface area contributed by atoms with E-state index in [0.717, 1.165) is 19.0 Å². The second-order valence-electron chi connectivity index (χ2n) is 6.56. The molecule has 1 unspecified atom stereocenters. The van der Waals surface area contributed by atoms with Crippen molar-refractivity contribution in [3.05, 3.63) is 29.0 Å². The highest BCUT2D eigenvalue weighted by Gasteiger charge is 2.30. The number of aromatic nitrogens is 1. The van der Waals surface area contributed by atoms with Gasteiger partial charge in [0.25, 0.3) is 5.91 Å². The van der Waals surface area contributed by atoms with Crippen molar-refractivity contribution in [3.63, 3.8) is 0 Å². The van der Waals surface area contributed by atoms with Crippen molar-refractivity contribution in [3.8, 4) is 0 Å². The third kappa shape index (κ3) is 4.42. The monoisotopic (exact) mass is 309 g/mol. The van der Waals surface area contributed by atoms with Crippen molar-refractivity contribution >= 4 is 17.5 Å². The summed E-state index contributed by atoms with van der Waals surface area (Å²) in [6.07, 6.45) is 4.08. The zero-order valence-electron chi connectivity index (χ0n) is 13.0. The Kier molecular flexibility index (Phi) is 5.22. The van der Waals surface area contributed by atoms with Crippen LogP contribution in [0.1, 0.15) is 44.0 Å². The van der Waals surface area contributed by atoms with E-state index in [9.17, 15) is 4.79 Å². The fourth-order valence-corrected chi connectivity index (χ4v) is 2.97. The number of rotatable bonds is 4. The fourth-order valence-electron chi connectivity index (χ4n) is 2.79. The highest BCUT2D eigenvalue weighted by molar-refractivity contribution is 6.29. The van der Waals surface area contributed by atoms with Crippen LogP contribution in [0, 0.1) is 5.92 Å². The predicted octanol–water partition coefficient (Wildman–Crippen LogP) is 2.98. The van der Waals surface area contributed by atoms with E-state index in [1.807, 2.05) is 0 Å². The van der Waals surface area contributed by atoms with E-state index in [4.69, 9.17) is 11.6 Å². The molecule has 0 aromatic carbocycles. The first kappa shape index (κ1) is 16.2. The van der Waals surface area contributed by atoms with Crippen molar-refractivity contribution in [1.29, 1.82) is 0 Å². The van der Waals surface area contributed by atoms with Gasteiger partial charge in [-0.15, -0.1) is 0 Å². The lowest BCUT2D eigenvalue weighted by Crippen LogP contribution is -2.54. The van der Waals surface area contributed by atoms with Gasteiger partial charge in [-0.25, -0.2) is 4.98 Å². The number of carbonyl (C=O) groups is 1. The minimum absolute atomic E-state index is 0.0405. The van der Waals surface area contributed by atoms with Crippen LogP contribution in [0.15, 0.2) is 18.3 Å². The molecular formula is C16H24ClN3O. The maximum atomic E-state index is 12.2. The van der Waals surface area contributed by atoms with Crippen LogP contribution in [0.2, 0.25) is 5.15 Å². The van der Waals surface area contributed by atoms with Crippen LogP contribution in [-0.4, -0.2) is 41.0 Å². The third-order valence-electron chi connectivity index (χ3n) is 4.18. The number of nitrogens with zero attached hydrogens (tertiary/aromatic N) is 2. The van der Waals surface area contributed by atoms with Crippen LogP contribution < -0.4 is 5.32 Å². The molecule has 0 bridgehead atoms.